The SMILES string of the molecule is CC1(C)O[C@H]2[C@@H](CN=[N+]=[N-])O[C@@](C)(O)[C@H]2O1. The maximum Gasteiger partial charge on any atom is 0.192 e. The fourth-order valence-electron chi connectivity index (χ4n) is 2.17. The van der Waals surface area contributed by atoms with Crippen LogP contribution in [0.2, 0.25) is 0 Å². The number of aliphatic hydroxyl groups is 1. The van der Waals surface area contributed by atoms with E-state index in [1.54, 1.807) is 13.8 Å². The molecule has 0 radical (unpaired) electrons. The minimum Gasteiger partial charge on any atom is -0.364 e. The molecular weight excluding hydrogens is 214 g/mol. The first-order chi connectivity index (χ1) is 7.36. The fourth-order valence-corrected chi connectivity index (χ4v) is 2.17. The van der Waals surface area contributed by atoms with Crippen molar-refractivity contribution in [1.29, 1.82) is 0 Å². The van der Waals surface area contributed by atoms with Crippen LogP contribution >= 0.6 is 0 Å². The van der Waals surface area contributed by atoms with Crippen LogP contribution in [-0.2, 0) is 14.2 Å². The number of nitrogens with zero attached hydrogens (tertiary/aromatic N) is 3. The Bertz CT molecular complexity index is 338. The Kier molecular flexibility index (Phi) is 2.60. The molecule has 2 aliphatic rings. The van der Waals surface area contributed by atoms with Gasteiger partial charge in [-0.05, 0) is 26.3 Å². The molecule has 0 amide bonds. The Morgan fingerprint density at radius 3 is 2.62 bits per heavy atom. The maximum atomic E-state index is 10.0. The number of ether oxygens (including phenoxy) is 3. The van der Waals surface area contributed by atoms with Gasteiger partial charge in [0.25, 0.3) is 0 Å². The highest BCUT2D eigenvalue weighted by molar-refractivity contribution is 5.00. The van der Waals surface area contributed by atoms with E-state index < -0.39 is 29.9 Å². The second-order valence-corrected chi connectivity index (χ2v) is 4.65. The summed E-state index contributed by atoms with van der Waals surface area (Å²) in [5.74, 6) is -2.16. The van der Waals surface area contributed by atoms with Crippen molar-refractivity contribution in [2.24, 2.45) is 5.11 Å². The van der Waals surface area contributed by atoms with E-state index in [0.29, 0.717) is 0 Å². The molecule has 2 saturated heterocycles. The predicted octanol–water partition coefficient (Wildman–Crippen LogP) is 0.924. The Labute approximate surface area is 92.9 Å². The molecule has 2 rings (SSSR count). The number of fused-ring (bicyclic) bond motifs is 1. The van der Waals surface area contributed by atoms with Crippen LogP contribution in [0.25, 0.3) is 10.4 Å². The third kappa shape index (κ3) is 1.88. The summed E-state index contributed by atoms with van der Waals surface area (Å²) in [4.78, 5) is 2.66. The molecule has 0 aliphatic carbocycles. The van der Waals surface area contributed by atoms with Crippen molar-refractivity contribution in [3.8, 4) is 0 Å². The van der Waals surface area contributed by atoms with Crippen molar-refractivity contribution in [2.75, 3.05) is 6.54 Å². The zero-order chi connectivity index (χ0) is 12.0. The Morgan fingerprint density at radius 1 is 1.31 bits per heavy atom. The summed E-state index contributed by atoms with van der Waals surface area (Å²) in [5.41, 5.74) is 8.27. The summed E-state index contributed by atoms with van der Waals surface area (Å²) >= 11 is 0. The lowest BCUT2D eigenvalue weighted by molar-refractivity contribution is -0.264. The van der Waals surface area contributed by atoms with Crippen molar-refractivity contribution >= 4 is 0 Å². The summed E-state index contributed by atoms with van der Waals surface area (Å²) in [6.45, 7) is 5.18. The average molecular weight is 229 g/mol. The molecule has 0 spiro atoms. The van der Waals surface area contributed by atoms with Gasteiger partial charge in [0.2, 0.25) is 0 Å². The van der Waals surface area contributed by atoms with Gasteiger partial charge in [0, 0.05) is 4.91 Å². The van der Waals surface area contributed by atoms with Gasteiger partial charge in [-0.3, -0.25) is 0 Å². The van der Waals surface area contributed by atoms with E-state index in [9.17, 15) is 5.11 Å². The largest absolute Gasteiger partial charge is 0.364 e. The summed E-state index contributed by atoms with van der Waals surface area (Å²) in [5, 5.41) is 13.4. The van der Waals surface area contributed by atoms with Crippen LogP contribution in [0.3, 0.4) is 0 Å². The quantitative estimate of drug-likeness (QED) is 0.432. The molecule has 4 atom stereocenters. The first kappa shape index (κ1) is 11.6. The van der Waals surface area contributed by atoms with E-state index in [4.69, 9.17) is 19.7 Å². The topological polar surface area (TPSA) is 96.7 Å². The van der Waals surface area contributed by atoms with Gasteiger partial charge < -0.3 is 19.3 Å². The molecule has 7 heteroatoms. The summed E-state index contributed by atoms with van der Waals surface area (Å²) in [6, 6.07) is 0. The second-order valence-electron chi connectivity index (χ2n) is 4.65. The zero-order valence-electron chi connectivity index (χ0n) is 9.45. The van der Waals surface area contributed by atoms with E-state index in [1.165, 1.54) is 6.92 Å². The molecule has 7 nitrogen and oxygen atoms in total. The summed E-state index contributed by atoms with van der Waals surface area (Å²) in [7, 11) is 0. The lowest BCUT2D eigenvalue weighted by atomic mass is 10.1. The Balaban J connectivity index is 2.17. The average Bonchev–Trinajstić information content (AvgIpc) is 2.58. The highest BCUT2D eigenvalue weighted by atomic mass is 16.8. The van der Waals surface area contributed by atoms with Crippen molar-refractivity contribution in [3.63, 3.8) is 0 Å². The standard InChI is InChI=1S/C9H15N3O4/c1-8(2)15-6-5(4-11-12-10)14-9(3,13)7(6)16-8/h5-7,13H,4H2,1-3H3/t5-,6+,7+,9-/m1/s1. The number of azide groups is 1. The van der Waals surface area contributed by atoms with Crippen molar-refractivity contribution < 1.29 is 19.3 Å². The van der Waals surface area contributed by atoms with Crippen LogP contribution in [0.5, 0.6) is 0 Å². The molecule has 0 aromatic heterocycles. The smallest absolute Gasteiger partial charge is 0.192 e. The molecule has 0 bridgehead atoms. The van der Waals surface area contributed by atoms with E-state index in [2.05, 4.69) is 10.0 Å². The number of rotatable bonds is 2. The third-order valence-electron chi connectivity index (χ3n) is 2.74. The first-order valence-corrected chi connectivity index (χ1v) is 5.12. The summed E-state index contributed by atoms with van der Waals surface area (Å²) in [6.07, 6.45) is -1.44. The van der Waals surface area contributed by atoms with Crippen LogP contribution in [0.4, 0.5) is 0 Å². The van der Waals surface area contributed by atoms with Gasteiger partial charge in [-0.25, -0.2) is 0 Å². The maximum absolute atomic E-state index is 10.0. The molecular formula is C9H15N3O4. The minimum absolute atomic E-state index is 0.118. The molecule has 2 heterocycles. The minimum atomic E-state index is -1.41. The van der Waals surface area contributed by atoms with Crippen LogP contribution in [0, 0.1) is 0 Å². The van der Waals surface area contributed by atoms with Gasteiger partial charge in [0.1, 0.15) is 12.2 Å². The van der Waals surface area contributed by atoms with E-state index >= 15 is 0 Å². The van der Waals surface area contributed by atoms with Gasteiger partial charge in [0.15, 0.2) is 11.6 Å². The van der Waals surface area contributed by atoms with Crippen LogP contribution in [0.15, 0.2) is 5.11 Å². The molecule has 0 aromatic carbocycles. The van der Waals surface area contributed by atoms with Crippen LogP contribution in [-0.4, -0.2) is 41.5 Å². The molecule has 1 N–H and O–H groups in total. The van der Waals surface area contributed by atoms with Crippen molar-refractivity contribution in [1.82, 2.24) is 0 Å². The lowest BCUT2D eigenvalue weighted by Gasteiger charge is -2.26. The molecule has 90 valence electrons. The van der Waals surface area contributed by atoms with E-state index in [0.717, 1.165) is 0 Å². The monoisotopic (exact) mass is 229 g/mol. The molecule has 2 fully saturated rings. The first-order valence-electron chi connectivity index (χ1n) is 5.12. The van der Waals surface area contributed by atoms with Crippen molar-refractivity contribution in [2.45, 2.75) is 50.7 Å². The Hall–Kier alpha value is -0.850. The highest BCUT2D eigenvalue weighted by Crippen LogP contribution is 2.42. The van der Waals surface area contributed by atoms with Gasteiger partial charge in [0.05, 0.1) is 12.6 Å². The number of hydrogen-bond acceptors (Lipinski definition) is 5. The molecule has 16 heavy (non-hydrogen) atoms. The van der Waals surface area contributed by atoms with Gasteiger partial charge in [-0.15, -0.1) is 0 Å². The molecule has 2 aliphatic heterocycles. The molecule has 0 saturated carbocycles. The lowest BCUT2D eigenvalue weighted by Crippen LogP contribution is -2.40. The Morgan fingerprint density at radius 2 is 2.00 bits per heavy atom. The van der Waals surface area contributed by atoms with E-state index in [1.807, 2.05) is 0 Å². The fraction of sp³-hybridized carbons (Fsp3) is 1.00. The van der Waals surface area contributed by atoms with Gasteiger partial charge in [-0.2, -0.15) is 0 Å². The third-order valence-corrected chi connectivity index (χ3v) is 2.74. The molecule has 0 aromatic rings. The summed E-state index contributed by atoms with van der Waals surface area (Å²) < 4.78 is 16.5. The van der Waals surface area contributed by atoms with Crippen LogP contribution < -0.4 is 0 Å². The molecule has 0 unspecified atom stereocenters. The van der Waals surface area contributed by atoms with Gasteiger partial charge in [-0.1, -0.05) is 5.11 Å². The van der Waals surface area contributed by atoms with E-state index in [-0.39, 0.29) is 6.54 Å². The van der Waals surface area contributed by atoms with Crippen molar-refractivity contribution in [3.05, 3.63) is 10.4 Å². The number of hydrogen-bond donors (Lipinski definition) is 1. The second kappa shape index (κ2) is 3.58. The van der Waals surface area contributed by atoms with Gasteiger partial charge >= 0.3 is 0 Å². The highest BCUT2D eigenvalue weighted by Gasteiger charge is 2.60. The normalized spacial score (nSPS) is 45.1. The predicted molar refractivity (Wildman–Crippen MR) is 53.3 cm³/mol. The zero-order valence-corrected chi connectivity index (χ0v) is 9.45. The van der Waals surface area contributed by atoms with Crippen LogP contribution in [0.1, 0.15) is 20.8 Å².